The summed E-state index contributed by atoms with van der Waals surface area (Å²) in [4.78, 5) is 15.8. The highest BCUT2D eigenvalue weighted by Gasteiger charge is 2.25. The largest absolute Gasteiger partial charge is 0.507 e. The second kappa shape index (κ2) is 11.4. The molecule has 1 fully saturated rings. The highest BCUT2D eigenvalue weighted by atomic mass is 16.5. The standard InChI is InChI=1S/C13H16O.C12H17NO3/c1-4-6-13(14)11(3)12-8-5-7-10(2)9-12;1-3-15-12(14)10-8(2)16-11(13-10)9-6-4-5-7-9/h4,6-7,9,14H,1,3,5,8H2,2H3;9H,3-7H2,1-2H3/b13-6+;. The molecule has 1 heterocycles. The van der Waals surface area contributed by atoms with E-state index in [0.29, 0.717) is 35.4 Å². The van der Waals surface area contributed by atoms with Gasteiger partial charge in [-0.15, -0.1) is 0 Å². The molecule has 2 aliphatic rings. The number of nitrogens with zero attached hydrogens (tertiary/aromatic N) is 1. The maximum absolute atomic E-state index is 11.5. The van der Waals surface area contributed by atoms with E-state index in [4.69, 9.17) is 9.15 Å². The maximum atomic E-state index is 11.5. The number of rotatable bonds is 6. The first kappa shape index (κ1) is 23.5. The quantitative estimate of drug-likeness (QED) is 0.322. The van der Waals surface area contributed by atoms with Gasteiger partial charge in [0.1, 0.15) is 11.5 Å². The summed E-state index contributed by atoms with van der Waals surface area (Å²) in [6.45, 7) is 13.4. The van der Waals surface area contributed by atoms with Crippen LogP contribution in [0.1, 0.15) is 80.4 Å². The van der Waals surface area contributed by atoms with Gasteiger partial charge in [-0.2, -0.15) is 0 Å². The highest BCUT2D eigenvalue weighted by molar-refractivity contribution is 5.88. The average molecular weight is 412 g/mol. The van der Waals surface area contributed by atoms with Crippen LogP contribution in [0, 0.1) is 6.92 Å². The summed E-state index contributed by atoms with van der Waals surface area (Å²) in [5, 5.41) is 9.59. The molecule has 0 atom stereocenters. The van der Waals surface area contributed by atoms with Gasteiger partial charge in [-0.1, -0.05) is 49.8 Å². The Kier molecular flexibility index (Phi) is 8.90. The fraction of sp³-hybridized carbons (Fsp3) is 0.440. The predicted molar refractivity (Wildman–Crippen MR) is 120 cm³/mol. The second-order valence-corrected chi connectivity index (χ2v) is 7.58. The van der Waals surface area contributed by atoms with Crippen LogP contribution >= 0.6 is 0 Å². The topological polar surface area (TPSA) is 72.6 Å². The molecule has 1 N–H and O–H groups in total. The number of hydrogen-bond acceptors (Lipinski definition) is 5. The van der Waals surface area contributed by atoms with Gasteiger partial charge in [0.2, 0.25) is 0 Å². The number of ether oxygens (including phenoxy) is 1. The number of carbonyl (C=O) groups excluding carboxylic acids is 1. The molecule has 1 saturated carbocycles. The Bertz CT molecular complexity index is 864. The molecule has 0 unspecified atom stereocenters. The zero-order valence-electron chi connectivity index (χ0n) is 18.4. The van der Waals surface area contributed by atoms with Crippen LogP contribution in [-0.4, -0.2) is 22.7 Å². The highest BCUT2D eigenvalue weighted by Crippen LogP contribution is 2.34. The Morgan fingerprint density at radius 3 is 2.67 bits per heavy atom. The minimum absolute atomic E-state index is 0.209. The van der Waals surface area contributed by atoms with Crippen LogP contribution in [0.4, 0.5) is 0 Å². The number of aryl methyl sites for hydroxylation is 1. The lowest BCUT2D eigenvalue weighted by atomic mass is 9.94. The number of aromatic nitrogens is 1. The van der Waals surface area contributed by atoms with Crippen molar-refractivity contribution in [3.05, 3.63) is 77.3 Å². The lowest BCUT2D eigenvalue weighted by Crippen LogP contribution is -2.07. The summed E-state index contributed by atoms with van der Waals surface area (Å²) in [7, 11) is 0. The molecule has 0 amide bonds. The van der Waals surface area contributed by atoms with E-state index in [1.807, 2.05) is 0 Å². The lowest BCUT2D eigenvalue weighted by molar-refractivity contribution is 0.0518. The molecule has 0 bridgehead atoms. The molecule has 30 heavy (non-hydrogen) atoms. The van der Waals surface area contributed by atoms with Crippen molar-refractivity contribution in [2.24, 2.45) is 0 Å². The molecule has 3 rings (SSSR count). The van der Waals surface area contributed by atoms with Crippen molar-refractivity contribution in [2.75, 3.05) is 6.61 Å². The molecule has 1 aromatic rings. The van der Waals surface area contributed by atoms with Gasteiger partial charge in [-0.05, 0) is 58.1 Å². The molecule has 1 aromatic heterocycles. The number of aliphatic hydroxyl groups excluding tert-OH is 1. The number of allylic oxidation sites excluding steroid dienone is 6. The Morgan fingerprint density at radius 2 is 2.07 bits per heavy atom. The fourth-order valence-corrected chi connectivity index (χ4v) is 3.63. The monoisotopic (exact) mass is 411 g/mol. The summed E-state index contributed by atoms with van der Waals surface area (Å²) in [5.74, 6) is 1.49. The smallest absolute Gasteiger partial charge is 0.360 e. The predicted octanol–water partition coefficient (Wildman–Crippen LogP) is 6.65. The molecule has 0 aromatic carbocycles. The van der Waals surface area contributed by atoms with Gasteiger partial charge in [-0.3, -0.25) is 0 Å². The molecular formula is C25H33NO4. The fourth-order valence-electron chi connectivity index (χ4n) is 3.63. The molecule has 0 saturated heterocycles. The second-order valence-electron chi connectivity index (χ2n) is 7.58. The number of oxazole rings is 1. The van der Waals surface area contributed by atoms with E-state index in [1.54, 1.807) is 26.0 Å². The summed E-state index contributed by atoms with van der Waals surface area (Å²) < 4.78 is 10.5. The number of esters is 1. The minimum Gasteiger partial charge on any atom is -0.507 e. The van der Waals surface area contributed by atoms with Gasteiger partial charge in [0, 0.05) is 11.5 Å². The van der Waals surface area contributed by atoms with Gasteiger partial charge < -0.3 is 14.3 Å². The van der Waals surface area contributed by atoms with Crippen LogP contribution in [0.25, 0.3) is 0 Å². The molecule has 2 aliphatic carbocycles. The lowest BCUT2D eigenvalue weighted by Gasteiger charge is -2.13. The third kappa shape index (κ3) is 6.34. The van der Waals surface area contributed by atoms with Crippen LogP contribution in [0.3, 0.4) is 0 Å². The molecule has 5 heteroatoms. The summed E-state index contributed by atoms with van der Waals surface area (Å²) >= 11 is 0. The summed E-state index contributed by atoms with van der Waals surface area (Å²) in [6.07, 6.45) is 14.0. The Hall–Kier alpha value is -2.82. The zero-order valence-corrected chi connectivity index (χ0v) is 18.4. The minimum atomic E-state index is -0.381. The SMILES string of the molecule is C=C/C=C(/O)C(=C)C1=CC(C)=CCC1.CCOC(=O)c1nc(C2CCCC2)oc1C. The summed E-state index contributed by atoms with van der Waals surface area (Å²) in [6, 6.07) is 0. The average Bonchev–Trinajstić information content (AvgIpc) is 3.38. The van der Waals surface area contributed by atoms with Gasteiger partial charge in [-0.25, -0.2) is 9.78 Å². The third-order valence-electron chi connectivity index (χ3n) is 5.24. The zero-order chi connectivity index (χ0) is 22.1. The molecule has 162 valence electrons. The van der Waals surface area contributed by atoms with E-state index in [9.17, 15) is 9.90 Å². The van der Waals surface area contributed by atoms with E-state index in [1.165, 1.54) is 18.4 Å². The Labute approximate surface area is 179 Å². The number of hydrogen-bond donors (Lipinski definition) is 1. The Balaban J connectivity index is 0.000000216. The van der Waals surface area contributed by atoms with Crippen molar-refractivity contribution in [3.8, 4) is 0 Å². The van der Waals surface area contributed by atoms with Crippen LogP contribution < -0.4 is 0 Å². The van der Waals surface area contributed by atoms with Gasteiger partial charge in [0.25, 0.3) is 0 Å². The van der Waals surface area contributed by atoms with Crippen molar-refractivity contribution in [3.63, 3.8) is 0 Å². The molecule has 0 radical (unpaired) electrons. The van der Waals surface area contributed by atoms with Gasteiger partial charge >= 0.3 is 5.97 Å². The van der Waals surface area contributed by atoms with Crippen LogP contribution in [0.5, 0.6) is 0 Å². The number of aliphatic hydroxyl groups is 1. The van der Waals surface area contributed by atoms with Crippen molar-refractivity contribution in [1.82, 2.24) is 4.98 Å². The molecule has 5 nitrogen and oxygen atoms in total. The van der Waals surface area contributed by atoms with E-state index in [-0.39, 0.29) is 11.7 Å². The van der Waals surface area contributed by atoms with E-state index < -0.39 is 0 Å². The van der Waals surface area contributed by atoms with Crippen molar-refractivity contribution in [2.45, 2.75) is 65.2 Å². The Morgan fingerprint density at radius 1 is 1.37 bits per heavy atom. The van der Waals surface area contributed by atoms with Crippen molar-refractivity contribution in [1.29, 1.82) is 0 Å². The molecule has 0 aliphatic heterocycles. The number of carbonyl (C=O) groups is 1. The first-order chi connectivity index (χ1) is 14.4. The van der Waals surface area contributed by atoms with E-state index in [2.05, 4.69) is 37.2 Å². The van der Waals surface area contributed by atoms with E-state index in [0.717, 1.165) is 31.3 Å². The third-order valence-corrected chi connectivity index (χ3v) is 5.24. The van der Waals surface area contributed by atoms with Gasteiger partial charge in [0.15, 0.2) is 11.6 Å². The van der Waals surface area contributed by atoms with Crippen molar-refractivity contribution >= 4 is 5.97 Å². The first-order valence-corrected chi connectivity index (χ1v) is 10.6. The summed E-state index contributed by atoms with van der Waals surface area (Å²) in [5.41, 5.74) is 3.39. The van der Waals surface area contributed by atoms with Crippen molar-refractivity contribution < 1.29 is 19.1 Å². The first-order valence-electron chi connectivity index (χ1n) is 10.6. The normalized spacial score (nSPS) is 16.8. The van der Waals surface area contributed by atoms with Gasteiger partial charge in [0.05, 0.1) is 6.61 Å². The maximum Gasteiger partial charge on any atom is 0.360 e. The van der Waals surface area contributed by atoms with Crippen LogP contribution in [0.2, 0.25) is 0 Å². The molecular weight excluding hydrogens is 378 g/mol. The van der Waals surface area contributed by atoms with Crippen LogP contribution in [0.15, 0.2) is 64.4 Å². The van der Waals surface area contributed by atoms with E-state index >= 15 is 0 Å². The molecule has 0 spiro atoms. The van der Waals surface area contributed by atoms with Crippen LogP contribution in [-0.2, 0) is 4.74 Å².